The highest BCUT2D eigenvalue weighted by Crippen LogP contribution is 2.41. The summed E-state index contributed by atoms with van der Waals surface area (Å²) in [6, 6.07) is 5.37. The van der Waals surface area contributed by atoms with Crippen molar-refractivity contribution in [2.24, 2.45) is 5.41 Å². The van der Waals surface area contributed by atoms with Crippen molar-refractivity contribution < 1.29 is 41.9 Å². The molecule has 1 spiro atoms. The second-order valence-corrected chi connectivity index (χ2v) is 8.12. The number of carboxylic acid groups (broad SMARTS) is 1. The van der Waals surface area contributed by atoms with Crippen molar-refractivity contribution in [3.05, 3.63) is 41.9 Å². The van der Waals surface area contributed by atoms with Gasteiger partial charge in [-0.25, -0.2) is 4.79 Å². The molecule has 10 nitrogen and oxygen atoms in total. The van der Waals surface area contributed by atoms with Crippen LogP contribution < -0.4 is 4.74 Å². The van der Waals surface area contributed by atoms with E-state index in [9.17, 15) is 22.8 Å². The standard InChI is InChI=1S/C19H22N4O4.C2HF3O2/c1-26-16-9-15(27-21-16)18(25)22-7-4-19(5-8-22)10-17(24)23(13-19)12-14-3-2-6-20-11-14;3-2(4,5)1(6)7/h2-3,6,9,11H,4-5,7-8,10,12-13H2,1H3;(H,6,7). The van der Waals surface area contributed by atoms with E-state index in [2.05, 4.69) is 10.1 Å². The summed E-state index contributed by atoms with van der Waals surface area (Å²) in [6.45, 7) is 2.54. The predicted molar refractivity (Wildman–Crippen MR) is 109 cm³/mol. The number of nitrogens with zero attached hydrogens (tertiary/aromatic N) is 4. The Morgan fingerprint density at radius 3 is 2.50 bits per heavy atom. The summed E-state index contributed by atoms with van der Waals surface area (Å²) in [4.78, 5) is 41.8. The summed E-state index contributed by atoms with van der Waals surface area (Å²) < 4.78 is 41.7. The SMILES string of the molecule is COc1cc(C(=O)N2CCC3(CC2)CC(=O)N(Cc2cccnc2)C3)on1.O=C(O)C(F)(F)F. The van der Waals surface area contributed by atoms with Gasteiger partial charge in [0.05, 0.1) is 13.2 Å². The van der Waals surface area contributed by atoms with E-state index in [1.165, 1.54) is 13.2 Å². The molecule has 0 aromatic carbocycles. The lowest BCUT2D eigenvalue weighted by Crippen LogP contribution is -2.44. The number of halogens is 3. The lowest BCUT2D eigenvalue weighted by molar-refractivity contribution is -0.192. The maximum absolute atomic E-state index is 12.6. The van der Waals surface area contributed by atoms with Crippen molar-refractivity contribution in [1.29, 1.82) is 0 Å². The van der Waals surface area contributed by atoms with E-state index in [4.69, 9.17) is 19.2 Å². The van der Waals surface area contributed by atoms with Gasteiger partial charge in [-0.15, -0.1) is 0 Å². The van der Waals surface area contributed by atoms with E-state index >= 15 is 0 Å². The highest BCUT2D eigenvalue weighted by molar-refractivity contribution is 5.91. The Bertz CT molecular complexity index is 1020. The topological polar surface area (TPSA) is 126 Å². The molecule has 0 aliphatic carbocycles. The molecule has 2 amide bonds. The summed E-state index contributed by atoms with van der Waals surface area (Å²) >= 11 is 0. The average molecular weight is 484 g/mol. The quantitative estimate of drug-likeness (QED) is 0.701. The first-order valence-electron chi connectivity index (χ1n) is 10.3. The molecule has 4 heterocycles. The van der Waals surface area contributed by atoms with Crippen molar-refractivity contribution in [2.45, 2.75) is 32.0 Å². The van der Waals surface area contributed by atoms with Crippen LogP contribution in [0.5, 0.6) is 5.88 Å². The minimum absolute atomic E-state index is 0.0465. The van der Waals surface area contributed by atoms with Crippen molar-refractivity contribution in [2.75, 3.05) is 26.7 Å². The Labute approximate surface area is 192 Å². The Morgan fingerprint density at radius 2 is 1.97 bits per heavy atom. The molecule has 13 heteroatoms. The molecular weight excluding hydrogens is 461 g/mol. The fraction of sp³-hybridized carbons (Fsp3) is 0.476. The van der Waals surface area contributed by atoms with Gasteiger partial charge in [-0.2, -0.15) is 13.2 Å². The number of carbonyl (C=O) groups is 3. The van der Waals surface area contributed by atoms with Crippen LogP contribution in [0.15, 0.2) is 35.1 Å². The monoisotopic (exact) mass is 484 g/mol. The molecule has 4 rings (SSSR count). The first kappa shape index (κ1) is 25.0. The lowest BCUT2D eigenvalue weighted by Gasteiger charge is -2.38. The van der Waals surface area contributed by atoms with Gasteiger partial charge in [0.25, 0.3) is 11.8 Å². The fourth-order valence-electron chi connectivity index (χ4n) is 3.97. The summed E-state index contributed by atoms with van der Waals surface area (Å²) in [7, 11) is 1.48. The molecule has 2 aromatic rings. The van der Waals surface area contributed by atoms with Crippen LogP contribution in [-0.4, -0.2) is 75.8 Å². The molecule has 2 aromatic heterocycles. The number of carbonyl (C=O) groups excluding carboxylic acids is 2. The van der Waals surface area contributed by atoms with Crippen LogP contribution in [0.25, 0.3) is 0 Å². The number of aliphatic carboxylic acids is 1. The van der Waals surface area contributed by atoms with Crippen LogP contribution in [0.4, 0.5) is 13.2 Å². The van der Waals surface area contributed by atoms with E-state index < -0.39 is 12.1 Å². The predicted octanol–water partition coefficient (Wildman–Crippen LogP) is 2.37. The number of likely N-dealkylation sites (tertiary alicyclic amines) is 2. The van der Waals surface area contributed by atoms with E-state index in [1.54, 1.807) is 17.3 Å². The zero-order valence-corrected chi connectivity index (χ0v) is 18.2. The second kappa shape index (κ2) is 10.1. The number of carboxylic acids is 1. The first-order chi connectivity index (χ1) is 16.0. The van der Waals surface area contributed by atoms with Gasteiger partial charge in [-0.3, -0.25) is 14.6 Å². The van der Waals surface area contributed by atoms with Crippen LogP contribution in [-0.2, 0) is 16.1 Å². The Hall–Kier alpha value is -3.64. The molecule has 0 bridgehead atoms. The van der Waals surface area contributed by atoms with Gasteiger partial charge >= 0.3 is 12.1 Å². The highest BCUT2D eigenvalue weighted by Gasteiger charge is 2.45. The summed E-state index contributed by atoms with van der Waals surface area (Å²) in [5, 5.41) is 10.8. The van der Waals surface area contributed by atoms with Crippen LogP contribution in [0.1, 0.15) is 35.4 Å². The molecular formula is C21H23F3N4O6. The van der Waals surface area contributed by atoms with E-state index in [-0.39, 0.29) is 23.0 Å². The lowest BCUT2D eigenvalue weighted by atomic mass is 9.77. The third-order valence-electron chi connectivity index (χ3n) is 5.76. The first-order valence-corrected chi connectivity index (χ1v) is 10.3. The Balaban J connectivity index is 0.000000406. The van der Waals surface area contributed by atoms with Crippen molar-refractivity contribution in [3.63, 3.8) is 0 Å². The Kier molecular flexibility index (Phi) is 7.42. The number of rotatable bonds is 4. The number of hydrogen-bond acceptors (Lipinski definition) is 7. The summed E-state index contributed by atoms with van der Waals surface area (Å²) in [5.41, 5.74) is 0.990. The second-order valence-electron chi connectivity index (χ2n) is 8.12. The number of hydrogen-bond donors (Lipinski definition) is 1. The average Bonchev–Trinajstić information content (AvgIpc) is 3.39. The van der Waals surface area contributed by atoms with Gasteiger partial charge in [-0.05, 0) is 29.6 Å². The van der Waals surface area contributed by atoms with Gasteiger partial charge in [0.2, 0.25) is 11.7 Å². The van der Waals surface area contributed by atoms with Crippen molar-refractivity contribution in [3.8, 4) is 5.88 Å². The molecule has 2 aliphatic heterocycles. The molecule has 2 aliphatic rings. The molecule has 34 heavy (non-hydrogen) atoms. The third-order valence-corrected chi connectivity index (χ3v) is 5.76. The minimum Gasteiger partial charge on any atom is -0.479 e. The number of amides is 2. The zero-order chi connectivity index (χ0) is 24.9. The Morgan fingerprint density at radius 1 is 1.29 bits per heavy atom. The van der Waals surface area contributed by atoms with Crippen LogP contribution in [0.3, 0.4) is 0 Å². The van der Waals surface area contributed by atoms with Gasteiger partial charge in [-0.1, -0.05) is 6.07 Å². The fourth-order valence-corrected chi connectivity index (χ4v) is 3.97. The molecule has 1 N–H and O–H groups in total. The van der Waals surface area contributed by atoms with Crippen molar-refractivity contribution >= 4 is 17.8 Å². The van der Waals surface area contributed by atoms with E-state index in [1.807, 2.05) is 17.0 Å². The highest BCUT2D eigenvalue weighted by atomic mass is 19.4. The van der Waals surface area contributed by atoms with Crippen LogP contribution in [0, 0.1) is 5.41 Å². The normalized spacial score (nSPS) is 17.4. The number of pyridine rings is 1. The molecule has 2 fully saturated rings. The van der Waals surface area contributed by atoms with E-state index in [0.29, 0.717) is 31.9 Å². The van der Waals surface area contributed by atoms with Gasteiger partial charge in [0, 0.05) is 50.4 Å². The van der Waals surface area contributed by atoms with Crippen molar-refractivity contribution in [1.82, 2.24) is 19.9 Å². The number of ether oxygens (including phenoxy) is 1. The molecule has 2 saturated heterocycles. The van der Waals surface area contributed by atoms with E-state index in [0.717, 1.165) is 24.9 Å². The smallest absolute Gasteiger partial charge is 0.479 e. The van der Waals surface area contributed by atoms with Gasteiger partial charge in [0.15, 0.2) is 0 Å². The summed E-state index contributed by atoms with van der Waals surface area (Å²) in [6.07, 6.45) is 0.600. The zero-order valence-electron chi connectivity index (χ0n) is 18.2. The molecule has 0 unspecified atom stereocenters. The number of piperidine rings is 1. The van der Waals surface area contributed by atoms with Crippen LogP contribution >= 0.6 is 0 Å². The number of methoxy groups -OCH3 is 1. The molecule has 0 radical (unpaired) electrons. The molecule has 0 atom stereocenters. The molecule has 0 saturated carbocycles. The largest absolute Gasteiger partial charge is 0.490 e. The molecule has 184 valence electrons. The summed E-state index contributed by atoms with van der Waals surface area (Å²) in [5.74, 6) is -2.29. The van der Waals surface area contributed by atoms with Gasteiger partial charge in [0.1, 0.15) is 0 Å². The minimum atomic E-state index is -5.08. The maximum Gasteiger partial charge on any atom is 0.490 e. The maximum atomic E-state index is 12.6. The van der Waals surface area contributed by atoms with Gasteiger partial charge < -0.3 is 24.2 Å². The number of alkyl halides is 3. The third kappa shape index (κ3) is 6.02. The number of aromatic nitrogens is 2. The van der Waals surface area contributed by atoms with Crippen LogP contribution in [0.2, 0.25) is 0 Å².